The van der Waals surface area contributed by atoms with Gasteiger partial charge in [-0.1, -0.05) is 94.4 Å². The van der Waals surface area contributed by atoms with Crippen LogP contribution in [0, 0.1) is 17.8 Å². The Balaban J connectivity index is 1.57. The van der Waals surface area contributed by atoms with Gasteiger partial charge in [0.25, 0.3) is 5.91 Å². The van der Waals surface area contributed by atoms with E-state index in [1.54, 1.807) is 39.5 Å². The van der Waals surface area contributed by atoms with Crippen LogP contribution in [0.2, 0.25) is 0 Å². The molecule has 1 aliphatic heterocycles. The molecule has 0 bridgehead atoms. The van der Waals surface area contributed by atoms with E-state index in [0.29, 0.717) is 44.0 Å². The summed E-state index contributed by atoms with van der Waals surface area (Å²) >= 11 is 0. The van der Waals surface area contributed by atoms with Crippen LogP contribution in [-0.2, 0) is 16.6 Å². The molecule has 0 radical (unpaired) electrons. The van der Waals surface area contributed by atoms with Crippen molar-refractivity contribution in [2.24, 2.45) is 10.8 Å². The van der Waals surface area contributed by atoms with Gasteiger partial charge >= 0.3 is 5.69 Å². The lowest BCUT2D eigenvalue weighted by Crippen LogP contribution is -2.47. The lowest BCUT2D eigenvalue weighted by molar-refractivity contribution is 0.0720. The third-order valence-electron chi connectivity index (χ3n) is 8.49. The molecule has 1 amide bonds. The van der Waals surface area contributed by atoms with Gasteiger partial charge in [-0.05, 0) is 47.9 Å². The number of amides is 1. The van der Waals surface area contributed by atoms with Gasteiger partial charge in [0.15, 0.2) is 0 Å². The van der Waals surface area contributed by atoms with Crippen LogP contribution < -0.4 is 15.7 Å². The summed E-state index contributed by atoms with van der Waals surface area (Å²) in [6, 6.07) is 25.7. The molecule has 0 unspecified atom stereocenters. The number of para-hydroxylation sites is 1. The lowest BCUT2D eigenvalue weighted by Gasteiger charge is -2.36. The number of aryl methyl sites for hydroxylation is 1. The molecule has 1 fully saturated rings. The first-order valence-corrected chi connectivity index (χ1v) is 17.3. The minimum Gasteiger partial charge on any atom is -0.335 e. The Morgan fingerprint density at radius 1 is 0.848 bits per heavy atom. The van der Waals surface area contributed by atoms with Crippen LogP contribution in [0.15, 0.2) is 94.6 Å². The number of hydrogen-bond acceptors (Lipinski definition) is 5. The fraction of sp³-hybridized carbons (Fsp3) is 0.389. The second-order valence-electron chi connectivity index (χ2n) is 13.7. The zero-order chi connectivity index (χ0) is 33.1. The number of nitrogens with zero attached hydrogens (tertiary/aromatic N) is 3. The topological polar surface area (TPSA) is 105 Å². The van der Waals surface area contributed by atoms with Crippen molar-refractivity contribution >= 4 is 15.9 Å². The Hall–Kier alpha value is -3.99. The number of sulfonamides is 1. The highest BCUT2D eigenvalue weighted by Gasteiger charge is 2.36. The fourth-order valence-corrected chi connectivity index (χ4v) is 7.90. The van der Waals surface area contributed by atoms with E-state index in [1.807, 2.05) is 80.3 Å². The molecule has 3 aromatic carbocycles. The van der Waals surface area contributed by atoms with Crippen LogP contribution in [0.25, 0.3) is 16.9 Å². The SMILES string of the molecule is Cc1ccccc1-n1c(-c2ccccc2)c(C(=O)N2CCNCC2)n(CC(C)(C)CC(C)(C)CNS(=O)(=O)c2ccccc2)c1=O. The summed E-state index contributed by atoms with van der Waals surface area (Å²) in [5.74, 6) is -0.171. The molecule has 0 saturated carbocycles. The number of piperazine rings is 1. The van der Waals surface area contributed by atoms with E-state index in [1.165, 1.54) is 0 Å². The van der Waals surface area contributed by atoms with Gasteiger partial charge in [0.1, 0.15) is 5.69 Å². The van der Waals surface area contributed by atoms with E-state index >= 15 is 0 Å². The summed E-state index contributed by atoms with van der Waals surface area (Å²) in [4.78, 5) is 31.1. The van der Waals surface area contributed by atoms with E-state index < -0.39 is 20.9 Å². The third-order valence-corrected chi connectivity index (χ3v) is 9.91. The van der Waals surface area contributed by atoms with Crippen molar-refractivity contribution in [3.8, 4) is 16.9 Å². The van der Waals surface area contributed by atoms with E-state index in [9.17, 15) is 18.0 Å². The van der Waals surface area contributed by atoms with Crippen molar-refractivity contribution in [1.29, 1.82) is 0 Å². The van der Waals surface area contributed by atoms with Crippen LogP contribution in [0.3, 0.4) is 0 Å². The van der Waals surface area contributed by atoms with Gasteiger partial charge in [0.05, 0.1) is 16.3 Å². The molecular formula is C36H45N5O4S. The van der Waals surface area contributed by atoms with Crippen molar-refractivity contribution in [2.45, 2.75) is 52.5 Å². The molecule has 9 nitrogen and oxygen atoms in total. The first kappa shape index (κ1) is 33.4. The minimum absolute atomic E-state index is 0.171. The predicted octanol–water partition coefficient (Wildman–Crippen LogP) is 5.08. The average Bonchev–Trinajstić information content (AvgIpc) is 3.31. The smallest absolute Gasteiger partial charge is 0.333 e. The van der Waals surface area contributed by atoms with Gasteiger partial charge in [0, 0.05) is 44.8 Å². The van der Waals surface area contributed by atoms with Gasteiger partial charge in [-0.25, -0.2) is 17.9 Å². The van der Waals surface area contributed by atoms with Gasteiger partial charge in [0.2, 0.25) is 10.0 Å². The normalized spacial score (nSPS) is 14.4. The second-order valence-corrected chi connectivity index (χ2v) is 15.5. The third kappa shape index (κ3) is 7.35. The molecule has 46 heavy (non-hydrogen) atoms. The minimum atomic E-state index is -3.68. The molecule has 0 spiro atoms. The molecule has 0 atom stereocenters. The summed E-state index contributed by atoms with van der Waals surface area (Å²) in [7, 11) is -3.68. The zero-order valence-electron chi connectivity index (χ0n) is 27.4. The number of carbonyl (C=O) groups is 1. The van der Waals surface area contributed by atoms with Gasteiger partial charge in [-0.15, -0.1) is 0 Å². The Bertz CT molecular complexity index is 1840. The largest absolute Gasteiger partial charge is 0.335 e. The molecule has 1 aliphatic rings. The van der Waals surface area contributed by atoms with Gasteiger partial charge in [-0.2, -0.15) is 0 Å². The van der Waals surface area contributed by atoms with Crippen LogP contribution in [0.5, 0.6) is 0 Å². The molecule has 2 heterocycles. The van der Waals surface area contributed by atoms with Crippen molar-refractivity contribution in [3.63, 3.8) is 0 Å². The average molecular weight is 644 g/mol. The van der Waals surface area contributed by atoms with Crippen molar-refractivity contribution < 1.29 is 13.2 Å². The number of benzene rings is 3. The molecule has 1 aromatic heterocycles. The highest BCUT2D eigenvalue weighted by Crippen LogP contribution is 2.37. The van der Waals surface area contributed by atoms with Crippen LogP contribution in [0.4, 0.5) is 0 Å². The Labute approximate surface area is 272 Å². The maximum Gasteiger partial charge on any atom is 0.333 e. The highest BCUT2D eigenvalue weighted by atomic mass is 32.2. The van der Waals surface area contributed by atoms with Gasteiger partial charge < -0.3 is 10.2 Å². The molecule has 0 aliphatic carbocycles. The summed E-state index contributed by atoms with van der Waals surface area (Å²) in [5.41, 5.74) is 2.16. The van der Waals surface area contributed by atoms with Crippen LogP contribution in [0.1, 0.15) is 50.2 Å². The van der Waals surface area contributed by atoms with Crippen LogP contribution >= 0.6 is 0 Å². The molecule has 4 aromatic rings. The molecule has 5 rings (SSSR count). The monoisotopic (exact) mass is 643 g/mol. The van der Waals surface area contributed by atoms with Gasteiger partial charge in [-0.3, -0.25) is 13.9 Å². The molecule has 2 N–H and O–H groups in total. The summed E-state index contributed by atoms with van der Waals surface area (Å²) in [6.07, 6.45) is 0.585. The number of imidazole rings is 1. The van der Waals surface area contributed by atoms with E-state index in [2.05, 4.69) is 23.9 Å². The lowest BCUT2D eigenvalue weighted by atomic mass is 9.75. The van der Waals surface area contributed by atoms with E-state index in [-0.39, 0.29) is 29.6 Å². The quantitative estimate of drug-likeness (QED) is 0.237. The first-order chi connectivity index (χ1) is 21.8. The standard InChI is InChI=1S/C36H45N5O4S/c1-27-14-12-13-19-30(27)41-31(28-15-8-6-9-16-28)32(33(42)39-22-20-37-21-23-39)40(34(41)43)26-36(4,5)24-35(2,3)25-38-46(44,45)29-17-10-7-11-18-29/h6-19,37-38H,20-26H2,1-5H3. The predicted molar refractivity (Wildman–Crippen MR) is 183 cm³/mol. The van der Waals surface area contributed by atoms with Crippen molar-refractivity contribution in [2.75, 3.05) is 32.7 Å². The van der Waals surface area contributed by atoms with Crippen molar-refractivity contribution in [3.05, 3.63) is 107 Å². The number of carbonyl (C=O) groups excluding carboxylic acids is 1. The molecular weight excluding hydrogens is 598 g/mol. The molecule has 244 valence electrons. The number of aromatic nitrogens is 2. The number of nitrogens with one attached hydrogen (secondary N) is 2. The van der Waals surface area contributed by atoms with E-state index in [4.69, 9.17) is 0 Å². The Morgan fingerprint density at radius 2 is 1.43 bits per heavy atom. The molecule has 10 heteroatoms. The first-order valence-electron chi connectivity index (χ1n) is 15.8. The highest BCUT2D eigenvalue weighted by molar-refractivity contribution is 7.89. The summed E-state index contributed by atoms with van der Waals surface area (Å²) in [6.45, 7) is 13.1. The maximum absolute atomic E-state index is 14.6. The number of hydrogen-bond donors (Lipinski definition) is 2. The summed E-state index contributed by atoms with van der Waals surface area (Å²) < 4.78 is 32.1. The Kier molecular flexibility index (Phi) is 9.72. The zero-order valence-corrected chi connectivity index (χ0v) is 28.2. The van der Waals surface area contributed by atoms with Crippen LogP contribution in [-0.4, -0.2) is 61.1 Å². The second kappa shape index (κ2) is 13.4. The molecule has 1 saturated heterocycles. The summed E-state index contributed by atoms with van der Waals surface area (Å²) in [5, 5.41) is 3.31. The van der Waals surface area contributed by atoms with Crippen molar-refractivity contribution in [1.82, 2.24) is 24.1 Å². The maximum atomic E-state index is 14.6. The van der Waals surface area contributed by atoms with E-state index in [0.717, 1.165) is 16.8 Å². The Morgan fingerprint density at radius 3 is 2.07 bits per heavy atom. The fourth-order valence-electron chi connectivity index (χ4n) is 6.64. The number of rotatable bonds is 11.